The Morgan fingerprint density at radius 3 is 2.88 bits per heavy atom. The molecule has 0 spiro atoms. The first-order valence-corrected chi connectivity index (χ1v) is 9.08. The van der Waals surface area contributed by atoms with E-state index in [1.54, 1.807) is 24.4 Å². The van der Waals surface area contributed by atoms with Crippen LogP contribution in [-0.2, 0) is 4.79 Å². The number of fused-ring (bicyclic) bond motifs is 2. The van der Waals surface area contributed by atoms with Crippen LogP contribution in [0.15, 0.2) is 36.5 Å². The van der Waals surface area contributed by atoms with E-state index in [1.807, 2.05) is 19.1 Å². The molecular weight excluding hydrogens is 326 g/mol. The molecule has 1 N–H and O–H groups in total. The van der Waals surface area contributed by atoms with Gasteiger partial charge in [-0.2, -0.15) is 5.26 Å². The maximum Gasteiger partial charge on any atom is 0.237 e. The molecule has 2 aliphatic rings. The van der Waals surface area contributed by atoms with Crippen molar-refractivity contribution in [1.82, 2.24) is 4.98 Å². The van der Waals surface area contributed by atoms with Crippen LogP contribution < -0.4 is 10.1 Å². The minimum Gasteiger partial charge on any atom is -0.438 e. The van der Waals surface area contributed by atoms with Crippen molar-refractivity contribution in [1.29, 1.82) is 5.26 Å². The number of carbonyl (C=O) groups is 1. The number of hydrogen-bond acceptors (Lipinski definition) is 4. The highest BCUT2D eigenvalue weighted by Crippen LogP contribution is 2.48. The maximum atomic E-state index is 12.6. The monoisotopic (exact) mass is 347 g/mol. The number of carbonyl (C=O) groups excluding carboxylic acids is 1. The second-order valence-corrected chi connectivity index (χ2v) is 7.32. The molecule has 3 atom stereocenters. The van der Waals surface area contributed by atoms with Gasteiger partial charge in [0.25, 0.3) is 0 Å². The van der Waals surface area contributed by atoms with Crippen molar-refractivity contribution < 1.29 is 9.53 Å². The fourth-order valence-electron chi connectivity index (χ4n) is 4.30. The van der Waals surface area contributed by atoms with Gasteiger partial charge in [0.15, 0.2) is 0 Å². The number of aryl methyl sites for hydroxylation is 1. The zero-order valence-corrected chi connectivity index (χ0v) is 14.7. The number of ether oxygens (including phenoxy) is 1. The van der Waals surface area contributed by atoms with Gasteiger partial charge in [-0.25, -0.2) is 4.98 Å². The van der Waals surface area contributed by atoms with Crippen LogP contribution >= 0.6 is 0 Å². The first-order chi connectivity index (χ1) is 12.6. The van der Waals surface area contributed by atoms with E-state index >= 15 is 0 Å². The van der Waals surface area contributed by atoms with Crippen molar-refractivity contribution >= 4 is 11.6 Å². The van der Waals surface area contributed by atoms with Gasteiger partial charge in [-0.3, -0.25) is 4.79 Å². The molecule has 2 aromatic rings. The third-order valence-corrected chi connectivity index (χ3v) is 5.64. The Morgan fingerprint density at radius 2 is 2.19 bits per heavy atom. The molecule has 5 heteroatoms. The van der Waals surface area contributed by atoms with Gasteiger partial charge >= 0.3 is 0 Å². The van der Waals surface area contributed by atoms with Crippen LogP contribution in [0.3, 0.4) is 0 Å². The maximum absolute atomic E-state index is 12.6. The first kappa shape index (κ1) is 16.6. The van der Waals surface area contributed by atoms with Crippen LogP contribution in [0.1, 0.15) is 36.8 Å². The largest absolute Gasteiger partial charge is 0.438 e. The highest BCUT2D eigenvalue weighted by atomic mass is 16.5. The Bertz CT molecular complexity index is 887. The lowest BCUT2D eigenvalue weighted by molar-refractivity contribution is -0.121. The van der Waals surface area contributed by atoms with E-state index in [0.717, 1.165) is 23.6 Å². The summed E-state index contributed by atoms with van der Waals surface area (Å²) >= 11 is 0. The number of benzene rings is 1. The van der Waals surface area contributed by atoms with E-state index < -0.39 is 0 Å². The molecule has 0 saturated heterocycles. The van der Waals surface area contributed by atoms with Gasteiger partial charge in [-0.1, -0.05) is 6.42 Å². The van der Waals surface area contributed by atoms with Gasteiger partial charge in [0, 0.05) is 17.8 Å². The summed E-state index contributed by atoms with van der Waals surface area (Å²) in [5.41, 5.74) is 2.12. The smallest absolute Gasteiger partial charge is 0.237 e. The van der Waals surface area contributed by atoms with Crippen molar-refractivity contribution in [2.75, 3.05) is 5.32 Å². The number of anilines is 1. The standard InChI is InChI=1S/C21H21N3O2/c1-13-9-17(26-21-16(12-22)3-2-8-23-21)6-7-19(13)24-20(25)18-11-14-4-5-15(18)10-14/h2-3,6-9,14-15,18H,4-5,10-11H2,1H3,(H,24,25)/t14-,15-,18+/m0/s1. The Kier molecular flexibility index (Phi) is 4.34. The number of nitriles is 1. The van der Waals surface area contributed by atoms with E-state index in [0.29, 0.717) is 17.2 Å². The summed E-state index contributed by atoms with van der Waals surface area (Å²) < 4.78 is 5.73. The summed E-state index contributed by atoms with van der Waals surface area (Å²) in [7, 11) is 0. The quantitative estimate of drug-likeness (QED) is 0.888. The molecule has 2 bridgehead atoms. The second kappa shape index (κ2) is 6.80. The number of rotatable bonds is 4. The van der Waals surface area contributed by atoms with E-state index in [1.165, 1.54) is 19.3 Å². The van der Waals surface area contributed by atoms with Crippen molar-refractivity contribution in [3.63, 3.8) is 0 Å². The number of pyridine rings is 1. The first-order valence-electron chi connectivity index (χ1n) is 9.08. The van der Waals surface area contributed by atoms with Gasteiger partial charge in [-0.15, -0.1) is 0 Å². The molecule has 2 aliphatic carbocycles. The molecule has 1 amide bonds. The third kappa shape index (κ3) is 3.15. The Hall–Kier alpha value is -2.87. The SMILES string of the molecule is Cc1cc(Oc2ncccc2C#N)ccc1NC(=O)[C@@H]1C[C@H]2CC[C@H]1C2. The predicted molar refractivity (Wildman–Crippen MR) is 97.8 cm³/mol. The zero-order chi connectivity index (χ0) is 18.1. The van der Waals surface area contributed by atoms with Gasteiger partial charge in [0.05, 0.1) is 0 Å². The summed E-state index contributed by atoms with van der Waals surface area (Å²) in [6, 6.07) is 10.9. The summed E-state index contributed by atoms with van der Waals surface area (Å²) in [5, 5.41) is 12.2. The van der Waals surface area contributed by atoms with Crippen LogP contribution in [0.5, 0.6) is 11.6 Å². The molecule has 2 saturated carbocycles. The van der Waals surface area contributed by atoms with Crippen LogP contribution in [0.4, 0.5) is 5.69 Å². The van der Waals surface area contributed by atoms with Crippen LogP contribution in [0, 0.1) is 36.0 Å². The molecule has 132 valence electrons. The molecule has 5 nitrogen and oxygen atoms in total. The summed E-state index contributed by atoms with van der Waals surface area (Å²) in [4.78, 5) is 16.7. The van der Waals surface area contributed by atoms with Gasteiger partial charge in [0.1, 0.15) is 17.4 Å². The predicted octanol–water partition coefficient (Wildman–Crippen LogP) is 4.43. The molecular formula is C21H21N3O2. The molecule has 2 fully saturated rings. The number of amides is 1. The molecule has 0 unspecified atom stereocenters. The fourth-order valence-corrected chi connectivity index (χ4v) is 4.30. The third-order valence-electron chi connectivity index (χ3n) is 5.64. The highest BCUT2D eigenvalue weighted by Gasteiger charge is 2.43. The molecule has 0 aliphatic heterocycles. The normalized spacial score (nSPS) is 23.5. The summed E-state index contributed by atoms with van der Waals surface area (Å²) in [6.45, 7) is 1.94. The lowest BCUT2D eigenvalue weighted by Crippen LogP contribution is -2.27. The van der Waals surface area contributed by atoms with Crippen molar-refractivity contribution in [3.8, 4) is 17.7 Å². The van der Waals surface area contributed by atoms with E-state index in [-0.39, 0.29) is 17.7 Å². The minimum absolute atomic E-state index is 0.144. The number of aromatic nitrogens is 1. The Balaban J connectivity index is 1.46. The van der Waals surface area contributed by atoms with Crippen LogP contribution in [0.2, 0.25) is 0 Å². The van der Waals surface area contributed by atoms with E-state index in [9.17, 15) is 4.79 Å². The van der Waals surface area contributed by atoms with Gasteiger partial charge in [0.2, 0.25) is 11.8 Å². The average Bonchev–Trinajstić information content (AvgIpc) is 3.28. The van der Waals surface area contributed by atoms with Crippen molar-refractivity contribution in [3.05, 3.63) is 47.7 Å². The number of nitrogens with one attached hydrogen (secondary N) is 1. The molecule has 0 radical (unpaired) electrons. The fraction of sp³-hybridized carbons (Fsp3) is 0.381. The Morgan fingerprint density at radius 1 is 1.31 bits per heavy atom. The molecule has 1 aromatic carbocycles. The molecule has 26 heavy (non-hydrogen) atoms. The minimum atomic E-state index is 0.144. The molecule has 1 heterocycles. The van der Waals surface area contributed by atoms with Crippen LogP contribution in [-0.4, -0.2) is 10.9 Å². The van der Waals surface area contributed by atoms with Gasteiger partial charge in [-0.05, 0) is 73.9 Å². The van der Waals surface area contributed by atoms with Crippen molar-refractivity contribution in [2.24, 2.45) is 17.8 Å². The average molecular weight is 347 g/mol. The van der Waals surface area contributed by atoms with E-state index in [4.69, 9.17) is 10.00 Å². The highest BCUT2D eigenvalue weighted by molar-refractivity contribution is 5.93. The summed E-state index contributed by atoms with van der Waals surface area (Å²) in [6.07, 6.45) is 6.33. The van der Waals surface area contributed by atoms with E-state index in [2.05, 4.69) is 16.4 Å². The topological polar surface area (TPSA) is 75.0 Å². The lowest BCUT2D eigenvalue weighted by Gasteiger charge is -2.21. The van der Waals surface area contributed by atoms with Crippen molar-refractivity contribution in [2.45, 2.75) is 32.6 Å². The number of hydrogen-bond donors (Lipinski definition) is 1. The van der Waals surface area contributed by atoms with Crippen LogP contribution in [0.25, 0.3) is 0 Å². The lowest BCUT2D eigenvalue weighted by atomic mass is 9.88. The zero-order valence-electron chi connectivity index (χ0n) is 14.7. The molecule has 1 aromatic heterocycles. The molecule has 4 rings (SSSR count). The van der Waals surface area contributed by atoms with Gasteiger partial charge < -0.3 is 10.1 Å². The second-order valence-electron chi connectivity index (χ2n) is 7.32. The summed E-state index contributed by atoms with van der Waals surface area (Å²) in [5.74, 6) is 2.50. The Labute approximate surface area is 153 Å². The number of nitrogens with zero attached hydrogens (tertiary/aromatic N) is 2.